The normalized spacial score (nSPS) is 12.3. The molecule has 0 aliphatic carbocycles. The van der Waals surface area contributed by atoms with Gasteiger partial charge in [0, 0.05) is 12.7 Å². The molecule has 0 saturated heterocycles. The molecule has 0 spiro atoms. The third kappa shape index (κ3) is 4.21. The Kier molecular flexibility index (Phi) is 4.74. The molecule has 0 saturated carbocycles. The lowest BCUT2D eigenvalue weighted by Gasteiger charge is -2.04. The molecule has 1 unspecified atom stereocenters. The van der Waals surface area contributed by atoms with E-state index in [1.807, 2.05) is 28.8 Å². The monoisotopic (exact) mass is 282 g/mol. The van der Waals surface area contributed by atoms with Crippen LogP contribution in [0.1, 0.15) is 11.3 Å². The van der Waals surface area contributed by atoms with Gasteiger partial charge in [-0.05, 0) is 17.7 Å². The Morgan fingerprint density at radius 1 is 1.37 bits per heavy atom. The first-order chi connectivity index (χ1) is 9.17. The van der Waals surface area contributed by atoms with Gasteiger partial charge in [0.1, 0.15) is 5.75 Å². The van der Waals surface area contributed by atoms with Crippen LogP contribution in [0.2, 0.25) is 0 Å². The zero-order valence-electron chi connectivity index (χ0n) is 10.4. The second-order valence-electron chi connectivity index (χ2n) is 3.94. The predicted molar refractivity (Wildman–Crippen MR) is 70.3 cm³/mol. The van der Waals surface area contributed by atoms with Gasteiger partial charge in [0.25, 0.3) is 0 Å². The fourth-order valence-electron chi connectivity index (χ4n) is 1.64. The molecule has 6 nitrogen and oxygen atoms in total. The number of aromatic nitrogens is 2. The van der Waals surface area contributed by atoms with E-state index in [4.69, 9.17) is 9.63 Å². The van der Waals surface area contributed by atoms with Crippen molar-refractivity contribution in [3.8, 4) is 5.75 Å². The lowest BCUT2D eigenvalue weighted by molar-refractivity contribution is 0.269. The van der Waals surface area contributed by atoms with Crippen LogP contribution in [0.25, 0.3) is 0 Å². The summed E-state index contributed by atoms with van der Waals surface area (Å²) in [7, 11) is -1.27. The van der Waals surface area contributed by atoms with Crippen LogP contribution in [-0.4, -0.2) is 21.6 Å². The van der Waals surface area contributed by atoms with Gasteiger partial charge in [-0.15, -0.1) is 0 Å². The quantitative estimate of drug-likeness (QED) is 0.818. The molecule has 0 amide bonds. The lowest BCUT2D eigenvalue weighted by atomic mass is 10.2. The van der Waals surface area contributed by atoms with Crippen molar-refractivity contribution in [2.75, 3.05) is 7.11 Å². The minimum Gasteiger partial charge on any atom is -0.497 e. The molecule has 1 heterocycles. The van der Waals surface area contributed by atoms with Gasteiger partial charge in [0.15, 0.2) is 0 Å². The molecule has 2 rings (SSSR count). The molecule has 1 aromatic carbocycles. The van der Waals surface area contributed by atoms with Crippen LogP contribution < -0.4 is 4.74 Å². The highest BCUT2D eigenvalue weighted by atomic mass is 31.1. The number of hydrogen-bond acceptors (Lipinski definition) is 4. The minimum atomic E-state index is -2.90. The van der Waals surface area contributed by atoms with Gasteiger partial charge in [-0.25, -0.2) is 4.98 Å². The molecule has 0 aliphatic rings. The van der Waals surface area contributed by atoms with E-state index >= 15 is 0 Å². The predicted octanol–water partition coefficient (Wildman–Crippen LogP) is 1.84. The smallest absolute Gasteiger partial charge is 0.316 e. The number of nitrogens with zero attached hydrogens (tertiary/aromatic N) is 2. The van der Waals surface area contributed by atoms with Crippen molar-refractivity contribution in [2.24, 2.45) is 0 Å². The van der Waals surface area contributed by atoms with Gasteiger partial charge in [0.2, 0.25) is 0 Å². The first-order valence-electron chi connectivity index (χ1n) is 5.66. The number of imidazole rings is 1. The van der Waals surface area contributed by atoms with Crippen LogP contribution in [-0.2, 0) is 22.2 Å². The Bertz CT molecular complexity index is 553. The van der Waals surface area contributed by atoms with E-state index in [0.717, 1.165) is 11.3 Å². The summed E-state index contributed by atoms with van der Waals surface area (Å²) < 4.78 is 22.1. The molecule has 102 valence electrons. The van der Waals surface area contributed by atoms with E-state index in [0.29, 0.717) is 12.2 Å². The van der Waals surface area contributed by atoms with Crippen LogP contribution >= 0.6 is 8.25 Å². The zero-order chi connectivity index (χ0) is 13.7. The highest BCUT2D eigenvalue weighted by molar-refractivity contribution is 7.32. The Morgan fingerprint density at radius 3 is 2.74 bits per heavy atom. The van der Waals surface area contributed by atoms with Crippen molar-refractivity contribution in [3.05, 3.63) is 48.0 Å². The molecule has 0 bridgehead atoms. The van der Waals surface area contributed by atoms with Crippen molar-refractivity contribution < 1.29 is 18.7 Å². The molecule has 1 atom stereocenters. The Hall–Kier alpha value is -1.62. The van der Waals surface area contributed by atoms with Crippen LogP contribution in [0.15, 0.2) is 36.8 Å². The van der Waals surface area contributed by atoms with E-state index in [-0.39, 0.29) is 6.61 Å². The average molecular weight is 282 g/mol. The number of rotatable bonds is 6. The van der Waals surface area contributed by atoms with Gasteiger partial charge < -0.3 is 18.7 Å². The second kappa shape index (κ2) is 6.52. The summed E-state index contributed by atoms with van der Waals surface area (Å²) in [5, 5.41) is 0. The highest BCUT2D eigenvalue weighted by Crippen LogP contribution is 2.17. The number of ether oxygens (including phenoxy) is 1. The standard InChI is InChI=1S/C12H15N2O4P/c1-17-12-4-2-10(3-5-12)6-14-7-11(13-9-14)8-18-19(15)16/h2-5,7,9,19H,6,8H2,1H3,(H,15,16). The number of hydrogen-bond donors (Lipinski definition) is 1. The maximum absolute atomic E-state index is 10.4. The van der Waals surface area contributed by atoms with Crippen molar-refractivity contribution >= 4 is 8.25 Å². The second-order valence-corrected chi connectivity index (χ2v) is 4.76. The van der Waals surface area contributed by atoms with Crippen LogP contribution in [0.5, 0.6) is 5.75 Å². The molecule has 0 radical (unpaired) electrons. The SMILES string of the molecule is COc1ccc(Cn2cnc(CO[PH](=O)O)c2)cc1. The van der Waals surface area contributed by atoms with Crippen molar-refractivity contribution in [1.29, 1.82) is 0 Å². The summed E-state index contributed by atoms with van der Waals surface area (Å²) in [5.74, 6) is 0.816. The molecule has 7 heteroatoms. The summed E-state index contributed by atoms with van der Waals surface area (Å²) in [6.45, 7) is 0.717. The van der Waals surface area contributed by atoms with Crippen LogP contribution in [0.3, 0.4) is 0 Å². The van der Waals surface area contributed by atoms with Gasteiger partial charge in [0.05, 0.1) is 25.7 Å². The molecule has 0 aliphatic heterocycles. The molecular formula is C12H15N2O4P. The summed E-state index contributed by atoms with van der Waals surface area (Å²) >= 11 is 0. The van der Waals surface area contributed by atoms with E-state index in [1.54, 1.807) is 19.6 Å². The molecule has 2 aromatic rings. The average Bonchev–Trinajstić information content (AvgIpc) is 2.85. The number of methoxy groups -OCH3 is 1. The van der Waals surface area contributed by atoms with Crippen molar-refractivity contribution in [1.82, 2.24) is 9.55 Å². The van der Waals surface area contributed by atoms with E-state index < -0.39 is 8.25 Å². The zero-order valence-corrected chi connectivity index (χ0v) is 11.4. The Morgan fingerprint density at radius 2 is 2.11 bits per heavy atom. The van der Waals surface area contributed by atoms with Gasteiger partial charge >= 0.3 is 8.25 Å². The highest BCUT2D eigenvalue weighted by Gasteiger charge is 2.02. The van der Waals surface area contributed by atoms with Crippen LogP contribution in [0, 0.1) is 0 Å². The first kappa shape index (κ1) is 13.8. The van der Waals surface area contributed by atoms with E-state index in [9.17, 15) is 4.57 Å². The lowest BCUT2D eigenvalue weighted by Crippen LogP contribution is -1.96. The maximum Gasteiger partial charge on any atom is 0.316 e. The van der Waals surface area contributed by atoms with Crippen LogP contribution in [0.4, 0.5) is 0 Å². The van der Waals surface area contributed by atoms with Crippen molar-refractivity contribution in [3.63, 3.8) is 0 Å². The van der Waals surface area contributed by atoms with Gasteiger partial charge in [-0.3, -0.25) is 4.57 Å². The Balaban J connectivity index is 1.96. The largest absolute Gasteiger partial charge is 0.497 e. The topological polar surface area (TPSA) is 73.6 Å². The Labute approximate surface area is 111 Å². The molecule has 0 fully saturated rings. The molecule has 1 aromatic heterocycles. The van der Waals surface area contributed by atoms with E-state index in [1.165, 1.54) is 0 Å². The molecule has 1 N–H and O–H groups in total. The fraction of sp³-hybridized carbons (Fsp3) is 0.250. The third-order valence-electron chi connectivity index (χ3n) is 2.55. The fourth-order valence-corrected chi connectivity index (χ4v) is 1.92. The first-order valence-corrected chi connectivity index (χ1v) is 6.93. The van der Waals surface area contributed by atoms with Crippen molar-refractivity contribution in [2.45, 2.75) is 13.2 Å². The van der Waals surface area contributed by atoms with Gasteiger partial charge in [-0.1, -0.05) is 12.1 Å². The summed E-state index contributed by atoms with van der Waals surface area (Å²) in [6.07, 6.45) is 3.45. The number of benzene rings is 1. The summed E-state index contributed by atoms with van der Waals surface area (Å²) in [5.41, 5.74) is 1.74. The minimum absolute atomic E-state index is 0.0455. The third-order valence-corrected chi connectivity index (χ3v) is 2.95. The van der Waals surface area contributed by atoms with E-state index in [2.05, 4.69) is 9.51 Å². The molecular weight excluding hydrogens is 267 g/mol. The van der Waals surface area contributed by atoms with Gasteiger partial charge in [-0.2, -0.15) is 0 Å². The summed E-state index contributed by atoms with van der Waals surface area (Å²) in [4.78, 5) is 12.7. The summed E-state index contributed by atoms with van der Waals surface area (Å²) in [6, 6.07) is 7.74. The maximum atomic E-state index is 10.4. The molecule has 19 heavy (non-hydrogen) atoms.